The highest BCUT2D eigenvalue weighted by molar-refractivity contribution is 5.39. The van der Waals surface area contributed by atoms with Crippen molar-refractivity contribution in [2.24, 2.45) is 5.84 Å². The Hall–Kier alpha value is -2.02. The molecule has 2 rings (SSSR count). The van der Waals surface area contributed by atoms with Crippen molar-refractivity contribution in [3.63, 3.8) is 0 Å². The number of para-hydroxylation sites is 1. The summed E-state index contributed by atoms with van der Waals surface area (Å²) in [6.07, 6.45) is 4.93. The molecule has 0 bridgehead atoms. The Bertz CT molecular complexity index is 522. The van der Waals surface area contributed by atoms with Gasteiger partial charge in [-0.25, -0.2) is 5.43 Å². The van der Waals surface area contributed by atoms with Gasteiger partial charge >= 0.3 is 0 Å². The number of rotatable bonds is 7. The van der Waals surface area contributed by atoms with Crippen molar-refractivity contribution in [3.8, 4) is 5.75 Å². The molecule has 0 amide bonds. The second-order valence-corrected chi connectivity index (χ2v) is 4.11. The van der Waals surface area contributed by atoms with Crippen molar-refractivity contribution >= 4 is 0 Å². The average Bonchev–Trinajstić information content (AvgIpc) is 2.51. The van der Waals surface area contributed by atoms with Crippen molar-refractivity contribution in [2.75, 3.05) is 20.3 Å². The highest BCUT2D eigenvalue weighted by Crippen LogP contribution is 2.28. The van der Waals surface area contributed by atoms with Crippen LogP contribution in [0, 0.1) is 0 Å². The number of benzene rings is 1. The molecule has 0 fully saturated rings. The van der Waals surface area contributed by atoms with Gasteiger partial charge in [-0.3, -0.25) is 15.8 Å². The van der Waals surface area contributed by atoms with E-state index >= 15 is 0 Å². The van der Waals surface area contributed by atoms with Gasteiger partial charge in [0.15, 0.2) is 0 Å². The summed E-state index contributed by atoms with van der Waals surface area (Å²) in [5.74, 6) is 6.41. The number of hydrogen-bond donors (Lipinski definition) is 2. The van der Waals surface area contributed by atoms with E-state index in [4.69, 9.17) is 15.3 Å². The van der Waals surface area contributed by atoms with Crippen LogP contribution in [-0.2, 0) is 4.74 Å². The predicted octanol–water partition coefficient (Wildman–Crippen LogP) is 1.05. The van der Waals surface area contributed by atoms with Crippen LogP contribution < -0.4 is 16.0 Å². The highest BCUT2D eigenvalue weighted by Gasteiger charge is 2.18. The fourth-order valence-corrected chi connectivity index (χ4v) is 1.88. The minimum absolute atomic E-state index is 0.276. The maximum absolute atomic E-state index is 5.71. The maximum atomic E-state index is 5.71. The van der Waals surface area contributed by atoms with Gasteiger partial charge < -0.3 is 9.47 Å². The SMILES string of the molecule is COCCOc1ccccc1C(NN)c1cnccn1. The topological polar surface area (TPSA) is 82.3 Å². The lowest BCUT2D eigenvalue weighted by Crippen LogP contribution is -2.30. The van der Waals surface area contributed by atoms with Crippen molar-refractivity contribution in [1.29, 1.82) is 0 Å². The van der Waals surface area contributed by atoms with E-state index in [1.54, 1.807) is 25.7 Å². The Kier molecular flexibility index (Phi) is 5.43. The molecule has 1 heterocycles. The van der Waals surface area contributed by atoms with Crippen LogP contribution >= 0.6 is 0 Å². The summed E-state index contributed by atoms with van der Waals surface area (Å²) in [7, 11) is 1.64. The molecule has 1 aromatic carbocycles. The standard InChI is InChI=1S/C14H18N4O2/c1-19-8-9-20-13-5-3-2-4-11(13)14(18-15)12-10-16-6-7-17-12/h2-7,10,14,18H,8-9,15H2,1H3. The summed E-state index contributed by atoms with van der Waals surface area (Å²) in [6.45, 7) is 1.01. The van der Waals surface area contributed by atoms with Crippen LogP contribution in [0.4, 0.5) is 0 Å². The van der Waals surface area contributed by atoms with E-state index in [1.807, 2.05) is 24.3 Å². The van der Waals surface area contributed by atoms with Crippen LogP contribution in [0.5, 0.6) is 5.75 Å². The number of nitrogens with two attached hydrogens (primary N) is 1. The van der Waals surface area contributed by atoms with E-state index in [0.717, 1.165) is 17.0 Å². The number of hydrazine groups is 1. The Labute approximate surface area is 117 Å². The zero-order valence-electron chi connectivity index (χ0n) is 11.3. The third-order valence-electron chi connectivity index (χ3n) is 2.82. The fraction of sp³-hybridized carbons (Fsp3) is 0.286. The first-order valence-corrected chi connectivity index (χ1v) is 6.29. The van der Waals surface area contributed by atoms with Crippen LogP contribution in [-0.4, -0.2) is 30.3 Å². The van der Waals surface area contributed by atoms with Gasteiger partial charge in [-0.2, -0.15) is 0 Å². The van der Waals surface area contributed by atoms with Gasteiger partial charge in [-0.1, -0.05) is 18.2 Å². The monoisotopic (exact) mass is 274 g/mol. The van der Waals surface area contributed by atoms with E-state index in [0.29, 0.717) is 13.2 Å². The Morgan fingerprint density at radius 1 is 1.25 bits per heavy atom. The van der Waals surface area contributed by atoms with Crippen LogP contribution in [0.3, 0.4) is 0 Å². The summed E-state index contributed by atoms with van der Waals surface area (Å²) < 4.78 is 10.7. The number of ether oxygens (including phenoxy) is 2. The zero-order valence-corrected chi connectivity index (χ0v) is 11.3. The second-order valence-electron chi connectivity index (χ2n) is 4.11. The summed E-state index contributed by atoms with van der Waals surface area (Å²) in [4.78, 5) is 8.34. The predicted molar refractivity (Wildman–Crippen MR) is 75.0 cm³/mol. The Morgan fingerprint density at radius 2 is 2.10 bits per heavy atom. The molecule has 0 radical (unpaired) electrons. The number of hydrogen-bond acceptors (Lipinski definition) is 6. The van der Waals surface area contributed by atoms with Crippen LogP contribution in [0.1, 0.15) is 17.3 Å². The van der Waals surface area contributed by atoms with Crippen molar-refractivity contribution in [1.82, 2.24) is 15.4 Å². The third kappa shape index (κ3) is 3.51. The van der Waals surface area contributed by atoms with Crippen molar-refractivity contribution in [3.05, 3.63) is 54.1 Å². The summed E-state index contributed by atoms with van der Waals surface area (Å²) in [5.41, 5.74) is 4.39. The molecule has 20 heavy (non-hydrogen) atoms. The molecule has 0 saturated carbocycles. The van der Waals surface area contributed by atoms with Gasteiger partial charge in [0.05, 0.1) is 24.5 Å². The first-order chi connectivity index (χ1) is 9.86. The van der Waals surface area contributed by atoms with E-state index in [9.17, 15) is 0 Å². The van der Waals surface area contributed by atoms with E-state index in [-0.39, 0.29) is 6.04 Å². The van der Waals surface area contributed by atoms with Gasteiger partial charge in [0.2, 0.25) is 0 Å². The lowest BCUT2D eigenvalue weighted by Gasteiger charge is -2.19. The number of aromatic nitrogens is 2. The Morgan fingerprint density at radius 3 is 2.80 bits per heavy atom. The van der Waals surface area contributed by atoms with Crippen LogP contribution in [0.2, 0.25) is 0 Å². The number of nitrogens with zero attached hydrogens (tertiary/aromatic N) is 2. The van der Waals surface area contributed by atoms with Crippen molar-refractivity contribution < 1.29 is 9.47 Å². The molecular weight excluding hydrogens is 256 g/mol. The zero-order chi connectivity index (χ0) is 14.2. The van der Waals surface area contributed by atoms with Crippen LogP contribution in [0.15, 0.2) is 42.9 Å². The molecule has 2 aromatic rings. The molecule has 1 unspecified atom stereocenters. The van der Waals surface area contributed by atoms with Gasteiger partial charge in [0.1, 0.15) is 12.4 Å². The van der Waals surface area contributed by atoms with Gasteiger partial charge in [-0.15, -0.1) is 0 Å². The molecule has 6 nitrogen and oxygen atoms in total. The van der Waals surface area contributed by atoms with Gasteiger partial charge in [0, 0.05) is 25.1 Å². The smallest absolute Gasteiger partial charge is 0.124 e. The molecule has 0 aliphatic heterocycles. The maximum Gasteiger partial charge on any atom is 0.124 e. The van der Waals surface area contributed by atoms with E-state index in [1.165, 1.54) is 0 Å². The largest absolute Gasteiger partial charge is 0.491 e. The average molecular weight is 274 g/mol. The molecule has 106 valence electrons. The first-order valence-electron chi connectivity index (χ1n) is 6.29. The van der Waals surface area contributed by atoms with Crippen LogP contribution in [0.25, 0.3) is 0 Å². The number of methoxy groups -OCH3 is 1. The minimum atomic E-state index is -0.276. The van der Waals surface area contributed by atoms with E-state index < -0.39 is 0 Å². The summed E-state index contributed by atoms with van der Waals surface area (Å²) in [5, 5.41) is 0. The normalized spacial score (nSPS) is 12.1. The third-order valence-corrected chi connectivity index (χ3v) is 2.82. The molecule has 0 aliphatic carbocycles. The fourth-order valence-electron chi connectivity index (χ4n) is 1.88. The lowest BCUT2D eigenvalue weighted by atomic mass is 10.0. The van der Waals surface area contributed by atoms with Gasteiger partial charge in [0.25, 0.3) is 0 Å². The number of nitrogens with one attached hydrogen (secondary N) is 1. The highest BCUT2D eigenvalue weighted by atomic mass is 16.5. The molecule has 0 spiro atoms. The molecule has 1 atom stereocenters. The van der Waals surface area contributed by atoms with E-state index in [2.05, 4.69) is 15.4 Å². The molecule has 6 heteroatoms. The molecule has 1 aromatic heterocycles. The second kappa shape index (κ2) is 7.54. The quantitative estimate of drug-likeness (QED) is 0.446. The molecular formula is C14H18N4O2. The van der Waals surface area contributed by atoms with Crippen molar-refractivity contribution in [2.45, 2.75) is 6.04 Å². The molecule has 0 aliphatic rings. The summed E-state index contributed by atoms with van der Waals surface area (Å²) >= 11 is 0. The molecule has 0 saturated heterocycles. The lowest BCUT2D eigenvalue weighted by molar-refractivity contribution is 0.145. The first kappa shape index (κ1) is 14.4. The summed E-state index contributed by atoms with van der Waals surface area (Å²) in [6, 6.07) is 7.41. The minimum Gasteiger partial charge on any atom is -0.491 e. The van der Waals surface area contributed by atoms with Gasteiger partial charge in [-0.05, 0) is 6.07 Å². The Balaban J connectivity index is 2.25. The molecule has 3 N–H and O–H groups in total.